The zero-order valence-corrected chi connectivity index (χ0v) is 15.7. The third-order valence-electron chi connectivity index (χ3n) is 4.36. The summed E-state index contributed by atoms with van der Waals surface area (Å²) in [5.41, 5.74) is 1.01. The van der Waals surface area contributed by atoms with Gasteiger partial charge in [-0.3, -0.25) is 4.90 Å². The van der Waals surface area contributed by atoms with Crippen LogP contribution in [0, 0.1) is 0 Å². The van der Waals surface area contributed by atoms with Crippen molar-refractivity contribution < 1.29 is 13.2 Å². The SMILES string of the molecule is O=S(=O)(N1CCOCC1)N1CCN(Cc2ccc(Cl)cc2Cl)CC1. The second-order valence-electron chi connectivity index (χ2n) is 5.93. The highest BCUT2D eigenvalue weighted by Crippen LogP contribution is 2.23. The molecule has 2 heterocycles. The fraction of sp³-hybridized carbons (Fsp3) is 0.600. The second-order valence-corrected chi connectivity index (χ2v) is 8.70. The first kappa shape index (κ1) is 18.4. The Morgan fingerprint density at radius 3 is 2.21 bits per heavy atom. The van der Waals surface area contributed by atoms with Gasteiger partial charge in [-0.15, -0.1) is 0 Å². The lowest BCUT2D eigenvalue weighted by atomic mass is 10.2. The van der Waals surface area contributed by atoms with Crippen LogP contribution in [0.2, 0.25) is 10.0 Å². The molecule has 0 spiro atoms. The van der Waals surface area contributed by atoms with Crippen LogP contribution in [0.15, 0.2) is 18.2 Å². The molecule has 0 bridgehead atoms. The monoisotopic (exact) mass is 393 g/mol. The van der Waals surface area contributed by atoms with Crippen LogP contribution in [0.4, 0.5) is 0 Å². The number of benzene rings is 1. The minimum absolute atomic E-state index is 0.433. The predicted octanol–water partition coefficient (Wildman–Crippen LogP) is 1.69. The highest BCUT2D eigenvalue weighted by molar-refractivity contribution is 7.86. The van der Waals surface area contributed by atoms with Crippen molar-refractivity contribution in [1.82, 2.24) is 13.5 Å². The van der Waals surface area contributed by atoms with Crippen LogP contribution in [0.25, 0.3) is 0 Å². The van der Waals surface area contributed by atoms with E-state index in [1.807, 2.05) is 12.1 Å². The molecule has 24 heavy (non-hydrogen) atoms. The van der Waals surface area contributed by atoms with E-state index in [9.17, 15) is 8.42 Å². The normalized spacial score (nSPS) is 21.9. The second kappa shape index (κ2) is 7.86. The van der Waals surface area contributed by atoms with Crippen LogP contribution in [0.1, 0.15) is 5.56 Å². The molecule has 1 aromatic carbocycles. The van der Waals surface area contributed by atoms with E-state index < -0.39 is 10.2 Å². The summed E-state index contributed by atoms with van der Waals surface area (Å²) in [5, 5.41) is 1.26. The molecule has 9 heteroatoms. The van der Waals surface area contributed by atoms with Crippen molar-refractivity contribution >= 4 is 33.4 Å². The smallest absolute Gasteiger partial charge is 0.282 e. The summed E-state index contributed by atoms with van der Waals surface area (Å²) >= 11 is 12.1. The van der Waals surface area contributed by atoms with Crippen LogP contribution in [-0.2, 0) is 21.5 Å². The summed E-state index contributed by atoms with van der Waals surface area (Å²) < 4.78 is 33.6. The summed E-state index contributed by atoms with van der Waals surface area (Å²) in [7, 11) is -3.38. The average Bonchev–Trinajstić information content (AvgIpc) is 2.59. The third-order valence-corrected chi connectivity index (χ3v) is 6.99. The molecule has 1 aromatic rings. The van der Waals surface area contributed by atoms with Gasteiger partial charge in [0.05, 0.1) is 13.2 Å². The minimum Gasteiger partial charge on any atom is -0.379 e. The standard InChI is InChI=1S/C15H21Cl2N3O3S/c16-14-2-1-13(15(17)11-14)12-18-3-5-19(6-4-18)24(21,22)20-7-9-23-10-8-20/h1-2,11H,3-10,12H2. The molecule has 0 aliphatic carbocycles. The van der Waals surface area contributed by atoms with Crippen molar-refractivity contribution in [2.45, 2.75) is 6.54 Å². The number of halogens is 2. The first-order chi connectivity index (χ1) is 11.5. The molecule has 2 aliphatic rings. The first-order valence-electron chi connectivity index (χ1n) is 7.96. The Morgan fingerprint density at radius 2 is 1.58 bits per heavy atom. The van der Waals surface area contributed by atoms with Crippen LogP contribution in [0.5, 0.6) is 0 Å². The van der Waals surface area contributed by atoms with Gasteiger partial charge in [-0.1, -0.05) is 29.3 Å². The summed E-state index contributed by atoms with van der Waals surface area (Å²) in [6.45, 7) is 4.84. The number of rotatable bonds is 4. The zero-order valence-electron chi connectivity index (χ0n) is 13.3. The average molecular weight is 394 g/mol. The van der Waals surface area contributed by atoms with E-state index in [4.69, 9.17) is 27.9 Å². The van der Waals surface area contributed by atoms with E-state index in [0.717, 1.165) is 5.56 Å². The van der Waals surface area contributed by atoms with Crippen molar-refractivity contribution in [1.29, 1.82) is 0 Å². The molecule has 134 valence electrons. The van der Waals surface area contributed by atoms with Crippen molar-refractivity contribution in [2.75, 3.05) is 52.5 Å². The number of ether oxygens (including phenoxy) is 1. The van der Waals surface area contributed by atoms with Gasteiger partial charge < -0.3 is 4.74 Å². The van der Waals surface area contributed by atoms with Gasteiger partial charge in [-0.2, -0.15) is 17.0 Å². The van der Waals surface area contributed by atoms with Crippen LogP contribution >= 0.6 is 23.2 Å². The summed E-state index contributed by atoms with van der Waals surface area (Å²) in [5.74, 6) is 0. The Labute approximate surface area is 153 Å². The van der Waals surface area contributed by atoms with E-state index in [0.29, 0.717) is 69.1 Å². The highest BCUT2D eigenvalue weighted by atomic mass is 35.5. The molecular weight excluding hydrogens is 373 g/mol. The van der Waals surface area contributed by atoms with Gasteiger partial charge in [-0.05, 0) is 17.7 Å². The number of hydrogen-bond acceptors (Lipinski definition) is 4. The first-order valence-corrected chi connectivity index (χ1v) is 10.1. The lowest BCUT2D eigenvalue weighted by Gasteiger charge is -2.37. The Hall–Kier alpha value is -0.410. The molecule has 6 nitrogen and oxygen atoms in total. The summed E-state index contributed by atoms with van der Waals surface area (Å²) in [6, 6.07) is 5.47. The molecule has 0 atom stereocenters. The summed E-state index contributed by atoms with van der Waals surface area (Å²) in [4.78, 5) is 2.21. The molecule has 2 fully saturated rings. The van der Waals surface area contributed by atoms with Gasteiger partial charge in [0.2, 0.25) is 0 Å². The molecule has 3 rings (SSSR count). The highest BCUT2D eigenvalue weighted by Gasteiger charge is 2.33. The molecule has 0 saturated carbocycles. The Morgan fingerprint density at radius 1 is 0.958 bits per heavy atom. The molecular formula is C15H21Cl2N3O3S. The predicted molar refractivity (Wildman–Crippen MR) is 94.6 cm³/mol. The van der Waals surface area contributed by atoms with Crippen molar-refractivity contribution in [3.8, 4) is 0 Å². The van der Waals surface area contributed by atoms with Crippen molar-refractivity contribution in [2.24, 2.45) is 0 Å². The van der Waals surface area contributed by atoms with E-state index >= 15 is 0 Å². The van der Waals surface area contributed by atoms with Crippen molar-refractivity contribution in [3.63, 3.8) is 0 Å². The number of piperazine rings is 1. The van der Waals surface area contributed by atoms with Gasteiger partial charge in [0, 0.05) is 55.9 Å². The number of morpholine rings is 1. The van der Waals surface area contributed by atoms with E-state index in [1.165, 1.54) is 4.31 Å². The van der Waals surface area contributed by atoms with Gasteiger partial charge in [0.1, 0.15) is 0 Å². The molecule has 0 unspecified atom stereocenters. The number of hydrogen-bond donors (Lipinski definition) is 0. The van der Waals surface area contributed by atoms with Crippen molar-refractivity contribution in [3.05, 3.63) is 33.8 Å². The van der Waals surface area contributed by atoms with Gasteiger partial charge >= 0.3 is 0 Å². The topological polar surface area (TPSA) is 53.1 Å². The minimum atomic E-state index is -3.38. The van der Waals surface area contributed by atoms with Gasteiger partial charge in [0.15, 0.2) is 0 Å². The molecule has 0 radical (unpaired) electrons. The molecule has 0 amide bonds. The number of nitrogens with zero attached hydrogens (tertiary/aromatic N) is 3. The lowest BCUT2D eigenvalue weighted by Crippen LogP contribution is -2.54. The lowest BCUT2D eigenvalue weighted by molar-refractivity contribution is 0.0684. The fourth-order valence-electron chi connectivity index (χ4n) is 2.95. The quantitative estimate of drug-likeness (QED) is 0.780. The van der Waals surface area contributed by atoms with Crippen LogP contribution in [-0.4, -0.2) is 74.4 Å². The van der Waals surface area contributed by atoms with E-state index in [1.54, 1.807) is 10.4 Å². The Bertz CT molecular complexity index is 673. The maximum atomic E-state index is 12.6. The fourth-order valence-corrected chi connectivity index (χ4v) is 4.98. The molecule has 0 N–H and O–H groups in total. The molecule has 0 aromatic heterocycles. The Kier molecular flexibility index (Phi) is 6.02. The third kappa shape index (κ3) is 4.22. The maximum absolute atomic E-state index is 12.6. The van der Waals surface area contributed by atoms with Gasteiger partial charge in [-0.25, -0.2) is 0 Å². The Balaban J connectivity index is 1.57. The molecule has 2 saturated heterocycles. The zero-order chi connectivity index (χ0) is 17.2. The molecule has 2 aliphatic heterocycles. The van der Waals surface area contributed by atoms with E-state index in [2.05, 4.69) is 4.90 Å². The van der Waals surface area contributed by atoms with Gasteiger partial charge in [0.25, 0.3) is 10.2 Å². The van der Waals surface area contributed by atoms with Crippen LogP contribution in [0.3, 0.4) is 0 Å². The van der Waals surface area contributed by atoms with Crippen LogP contribution < -0.4 is 0 Å². The largest absolute Gasteiger partial charge is 0.379 e. The van der Waals surface area contributed by atoms with E-state index in [-0.39, 0.29) is 0 Å². The summed E-state index contributed by atoms with van der Waals surface area (Å²) in [6.07, 6.45) is 0. The maximum Gasteiger partial charge on any atom is 0.282 e.